The van der Waals surface area contributed by atoms with Crippen LogP contribution in [0.2, 0.25) is 5.02 Å². The number of nitrogens with zero attached hydrogens (tertiary/aromatic N) is 1. The predicted molar refractivity (Wildman–Crippen MR) is 111 cm³/mol. The number of rotatable bonds is 5. The summed E-state index contributed by atoms with van der Waals surface area (Å²) in [5.41, 5.74) is 5.79. The highest BCUT2D eigenvalue weighted by Crippen LogP contribution is 2.47. The molecular weight excluding hydrogens is 392 g/mol. The highest BCUT2D eigenvalue weighted by Gasteiger charge is 2.48. The van der Waals surface area contributed by atoms with Crippen LogP contribution in [0, 0.1) is 5.41 Å². The van der Waals surface area contributed by atoms with Crippen LogP contribution < -0.4 is 16.4 Å². The highest BCUT2D eigenvalue weighted by atomic mass is 35.5. The highest BCUT2D eigenvalue weighted by molar-refractivity contribution is 6.30. The first kappa shape index (κ1) is 21.4. The normalized spacial score (nSPS) is 20.1. The Bertz CT molecular complexity index is 771. The fraction of sp³-hybridized carbons (Fsp3) is 0.571. The van der Waals surface area contributed by atoms with E-state index in [2.05, 4.69) is 10.6 Å². The van der Waals surface area contributed by atoms with Crippen molar-refractivity contribution < 1.29 is 14.4 Å². The number of carbonyl (C=O) groups is 3. The molecule has 4 N–H and O–H groups in total. The average Bonchev–Trinajstić information content (AvgIpc) is 3.17. The fourth-order valence-electron chi connectivity index (χ4n) is 4.61. The molecule has 1 aliphatic heterocycles. The molecule has 1 saturated carbocycles. The third kappa shape index (κ3) is 4.83. The van der Waals surface area contributed by atoms with E-state index in [0.717, 1.165) is 18.4 Å². The lowest BCUT2D eigenvalue weighted by molar-refractivity contribution is -0.130. The SMILES string of the molecule is CC(=O)N1CCC(NC(=O)NC(c2cccc(Cl)c2)C2(C(N)=O)CCCC2)CC1. The lowest BCUT2D eigenvalue weighted by Crippen LogP contribution is -2.53. The van der Waals surface area contributed by atoms with Crippen molar-refractivity contribution >= 4 is 29.4 Å². The summed E-state index contributed by atoms with van der Waals surface area (Å²) in [5.74, 6) is -0.339. The molecule has 2 fully saturated rings. The molecule has 1 aromatic rings. The maximum Gasteiger partial charge on any atom is 0.315 e. The van der Waals surface area contributed by atoms with Crippen molar-refractivity contribution in [2.45, 2.75) is 57.5 Å². The first-order chi connectivity index (χ1) is 13.8. The number of hydrogen-bond acceptors (Lipinski definition) is 3. The minimum atomic E-state index is -0.819. The zero-order valence-electron chi connectivity index (χ0n) is 16.7. The van der Waals surface area contributed by atoms with Crippen LogP contribution in [-0.4, -0.2) is 41.9 Å². The number of primary amides is 1. The molecular formula is C21H29ClN4O3. The number of likely N-dealkylation sites (tertiary alicyclic amines) is 1. The van der Waals surface area contributed by atoms with Crippen molar-refractivity contribution in [1.82, 2.24) is 15.5 Å². The summed E-state index contributed by atoms with van der Waals surface area (Å²) in [6.07, 6.45) is 4.47. The molecule has 0 bridgehead atoms. The number of halogens is 1. The second-order valence-corrected chi connectivity index (χ2v) is 8.55. The Balaban J connectivity index is 1.74. The third-order valence-electron chi connectivity index (χ3n) is 6.27. The number of nitrogens with two attached hydrogens (primary N) is 1. The van der Waals surface area contributed by atoms with E-state index in [-0.39, 0.29) is 18.0 Å². The van der Waals surface area contributed by atoms with Crippen LogP contribution in [0.5, 0.6) is 0 Å². The monoisotopic (exact) mass is 420 g/mol. The Kier molecular flexibility index (Phi) is 6.67. The first-order valence-electron chi connectivity index (χ1n) is 10.2. The van der Waals surface area contributed by atoms with Crippen LogP contribution in [-0.2, 0) is 9.59 Å². The molecule has 0 radical (unpaired) electrons. The van der Waals surface area contributed by atoms with Gasteiger partial charge in [0.15, 0.2) is 0 Å². The van der Waals surface area contributed by atoms with Crippen LogP contribution in [0.4, 0.5) is 4.79 Å². The Morgan fingerprint density at radius 3 is 2.41 bits per heavy atom. The quantitative estimate of drug-likeness (QED) is 0.682. The molecule has 1 heterocycles. The summed E-state index contributed by atoms with van der Waals surface area (Å²) < 4.78 is 0. The Labute approximate surface area is 176 Å². The molecule has 8 heteroatoms. The molecule has 29 heavy (non-hydrogen) atoms. The molecule has 158 valence electrons. The number of piperidine rings is 1. The Morgan fingerprint density at radius 1 is 1.21 bits per heavy atom. The van der Waals surface area contributed by atoms with Gasteiger partial charge in [0.2, 0.25) is 11.8 Å². The molecule has 0 spiro atoms. The Hall–Kier alpha value is -2.28. The molecule has 2 aliphatic rings. The van der Waals surface area contributed by atoms with Gasteiger partial charge < -0.3 is 21.3 Å². The smallest absolute Gasteiger partial charge is 0.315 e. The number of benzene rings is 1. The topological polar surface area (TPSA) is 105 Å². The van der Waals surface area contributed by atoms with Gasteiger partial charge in [0.05, 0.1) is 11.5 Å². The summed E-state index contributed by atoms with van der Waals surface area (Å²) in [7, 11) is 0. The van der Waals surface area contributed by atoms with Crippen molar-refractivity contribution in [3.05, 3.63) is 34.9 Å². The van der Waals surface area contributed by atoms with E-state index in [4.69, 9.17) is 17.3 Å². The van der Waals surface area contributed by atoms with Crippen molar-refractivity contribution in [1.29, 1.82) is 0 Å². The largest absolute Gasteiger partial charge is 0.369 e. The first-order valence-corrected chi connectivity index (χ1v) is 10.6. The number of nitrogens with one attached hydrogen (secondary N) is 2. The van der Waals surface area contributed by atoms with Gasteiger partial charge in [-0.1, -0.05) is 36.6 Å². The molecule has 3 rings (SSSR count). The van der Waals surface area contributed by atoms with E-state index in [1.807, 2.05) is 12.1 Å². The van der Waals surface area contributed by atoms with E-state index in [9.17, 15) is 14.4 Å². The molecule has 0 aromatic heterocycles. The van der Waals surface area contributed by atoms with E-state index in [1.165, 1.54) is 0 Å². The molecule has 1 aliphatic carbocycles. The molecule has 1 aromatic carbocycles. The van der Waals surface area contributed by atoms with Crippen LogP contribution in [0.25, 0.3) is 0 Å². The van der Waals surface area contributed by atoms with Gasteiger partial charge in [-0.2, -0.15) is 0 Å². The van der Waals surface area contributed by atoms with Crippen LogP contribution in [0.15, 0.2) is 24.3 Å². The van der Waals surface area contributed by atoms with Gasteiger partial charge >= 0.3 is 6.03 Å². The van der Waals surface area contributed by atoms with Crippen molar-refractivity contribution in [2.75, 3.05) is 13.1 Å². The van der Waals surface area contributed by atoms with Gasteiger partial charge in [0.1, 0.15) is 0 Å². The molecule has 1 unspecified atom stereocenters. The summed E-state index contributed by atoms with van der Waals surface area (Å²) in [5, 5.41) is 6.56. The van der Waals surface area contributed by atoms with Crippen LogP contribution in [0.3, 0.4) is 0 Å². The summed E-state index contributed by atoms with van der Waals surface area (Å²) in [4.78, 5) is 38.6. The van der Waals surface area contributed by atoms with Crippen LogP contribution >= 0.6 is 11.6 Å². The van der Waals surface area contributed by atoms with Gasteiger partial charge in [-0.25, -0.2) is 4.79 Å². The maximum atomic E-state index is 12.8. The zero-order chi connectivity index (χ0) is 21.0. The minimum absolute atomic E-state index is 0.0151. The van der Waals surface area contributed by atoms with E-state index < -0.39 is 17.4 Å². The van der Waals surface area contributed by atoms with E-state index in [1.54, 1.807) is 24.0 Å². The minimum Gasteiger partial charge on any atom is -0.369 e. The number of carbonyl (C=O) groups excluding carboxylic acids is 3. The van der Waals surface area contributed by atoms with E-state index in [0.29, 0.717) is 43.8 Å². The number of urea groups is 1. The van der Waals surface area contributed by atoms with Gasteiger partial charge in [0.25, 0.3) is 0 Å². The molecule has 1 saturated heterocycles. The van der Waals surface area contributed by atoms with Crippen molar-refractivity contribution in [2.24, 2.45) is 11.1 Å². The number of amides is 4. The maximum absolute atomic E-state index is 12.8. The van der Waals surface area contributed by atoms with Crippen molar-refractivity contribution in [3.8, 4) is 0 Å². The molecule has 4 amide bonds. The molecule has 1 atom stereocenters. The standard InChI is InChI=1S/C21H29ClN4O3/c1-14(27)26-11-7-17(8-12-26)24-20(29)25-18(15-5-4-6-16(22)13-15)21(19(23)28)9-2-3-10-21/h4-6,13,17-18H,2-3,7-12H2,1H3,(H2,23,28)(H2,24,25,29). The average molecular weight is 421 g/mol. The van der Waals surface area contributed by atoms with Crippen LogP contribution in [0.1, 0.15) is 57.1 Å². The summed E-state index contributed by atoms with van der Waals surface area (Å²) >= 11 is 6.18. The second kappa shape index (κ2) is 9.03. The lowest BCUT2D eigenvalue weighted by Gasteiger charge is -2.37. The third-order valence-corrected chi connectivity index (χ3v) is 6.51. The fourth-order valence-corrected chi connectivity index (χ4v) is 4.81. The predicted octanol–water partition coefficient (Wildman–Crippen LogP) is 2.74. The second-order valence-electron chi connectivity index (χ2n) is 8.11. The summed E-state index contributed by atoms with van der Waals surface area (Å²) in [6, 6.07) is 6.33. The van der Waals surface area contributed by atoms with Crippen molar-refractivity contribution in [3.63, 3.8) is 0 Å². The zero-order valence-corrected chi connectivity index (χ0v) is 17.5. The lowest BCUT2D eigenvalue weighted by atomic mass is 9.74. The van der Waals surface area contributed by atoms with Gasteiger partial charge in [-0.3, -0.25) is 9.59 Å². The Morgan fingerprint density at radius 2 is 1.86 bits per heavy atom. The van der Waals surface area contributed by atoms with E-state index >= 15 is 0 Å². The van der Waals surface area contributed by atoms with Gasteiger partial charge in [0, 0.05) is 31.1 Å². The molecule has 7 nitrogen and oxygen atoms in total. The number of hydrogen-bond donors (Lipinski definition) is 3. The summed E-state index contributed by atoms with van der Waals surface area (Å²) in [6.45, 7) is 2.81. The van der Waals surface area contributed by atoms with Gasteiger partial charge in [-0.05, 0) is 43.4 Å². The van der Waals surface area contributed by atoms with Gasteiger partial charge in [-0.15, -0.1) is 0 Å².